The first-order valence-electron chi connectivity index (χ1n) is 23.8. The van der Waals surface area contributed by atoms with Gasteiger partial charge < -0.3 is 0 Å². The Morgan fingerprint density at radius 3 is 0.791 bits per heavy atom. The molecule has 0 bridgehead atoms. The van der Waals surface area contributed by atoms with Gasteiger partial charge in [0.05, 0.1) is 0 Å². The molecule has 0 fully saturated rings. The fourth-order valence-electron chi connectivity index (χ4n) is 11.9. The van der Waals surface area contributed by atoms with Crippen LogP contribution in [0.25, 0.3) is 66.8 Å². The van der Waals surface area contributed by atoms with Crippen LogP contribution in [0.4, 0.5) is 0 Å². The van der Waals surface area contributed by atoms with Crippen molar-refractivity contribution in [3.8, 4) is 66.8 Å². The van der Waals surface area contributed by atoms with Gasteiger partial charge in [-0.3, -0.25) is 0 Å². The smallest absolute Gasteiger partial charge is 0.0730 e. The van der Waals surface area contributed by atoms with E-state index in [0.29, 0.717) is 0 Å². The molecule has 10 rings (SSSR count). The predicted molar refractivity (Wildman–Crippen MR) is 291 cm³/mol. The monoisotopic (exact) mass is 878 g/mol. The molecule has 1 atom stereocenters. The van der Waals surface area contributed by atoms with E-state index in [9.17, 15) is 0 Å². The van der Waals surface area contributed by atoms with Crippen LogP contribution in [0.5, 0.6) is 0 Å². The van der Waals surface area contributed by atoms with Crippen LogP contribution in [-0.2, 0) is 0 Å². The molecule has 0 radical (unpaired) electrons. The molecule has 1 aliphatic rings. The lowest BCUT2D eigenvalue weighted by Crippen LogP contribution is -2.74. The van der Waals surface area contributed by atoms with E-state index in [0.717, 1.165) is 0 Å². The molecule has 1 aliphatic carbocycles. The fraction of sp³-hybridized carbons (Fsp3) is 0.121. The van der Waals surface area contributed by atoms with Crippen LogP contribution in [0.3, 0.4) is 0 Å². The quantitative estimate of drug-likeness (QED) is 0.0948. The molecule has 0 nitrogen and oxygen atoms in total. The summed E-state index contributed by atoms with van der Waals surface area (Å²) < 4.78 is 0. The van der Waals surface area contributed by atoms with Crippen molar-refractivity contribution in [3.05, 3.63) is 258 Å². The lowest BCUT2D eigenvalue weighted by atomic mass is 9.90. The molecule has 67 heavy (non-hydrogen) atoms. The Hall–Kier alpha value is -7.32. The highest BCUT2D eigenvalue weighted by molar-refractivity contribution is 7.15. The van der Waals surface area contributed by atoms with Gasteiger partial charge in [-0.1, -0.05) is 243 Å². The Morgan fingerprint density at radius 2 is 0.552 bits per heavy atom. The molecule has 0 saturated heterocycles. The summed E-state index contributed by atoms with van der Waals surface area (Å²) in [6, 6.07) is 81.4. The maximum Gasteiger partial charge on any atom is 0.162 e. The summed E-state index contributed by atoms with van der Waals surface area (Å²) in [6.07, 6.45) is 2.68. The van der Waals surface area contributed by atoms with Gasteiger partial charge in [0.15, 0.2) is 8.07 Å². The van der Waals surface area contributed by atoms with E-state index >= 15 is 0 Å². The van der Waals surface area contributed by atoms with Crippen molar-refractivity contribution < 1.29 is 0 Å². The van der Waals surface area contributed by atoms with Gasteiger partial charge in [-0.15, -0.1) is 0 Å². The zero-order chi connectivity index (χ0) is 46.3. The first kappa shape index (κ1) is 43.6. The standard InChI is InChI=1S/C66H58Si/c1-45-44-66(7,50(6)46(45)2)67(60-41-38-57(51-26-14-8-15-27-51)63(47(60)3)54-32-20-11-21-33-54,61-42-39-58(52-28-16-9-17-29-52)64(48(61)4)55-34-22-12-23-35-55)62-43-40-59(53-30-18-10-19-31-53)65(49(62)5)56-36-24-13-25-37-56/h8-44H,1-7H3. The topological polar surface area (TPSA) is 0 Å². The van der Waals surface area contributed by atoms with E-state index in [4.69, 9.17) is 0 Å². The molecule has 0 heterocycles. The van der Waals surface area contributed by atoms with Crippen LogP contribution in [-0.4, -0.2) is 8.07 Å². The summed E-state index contributed by atoms with van der Waals surface area (Å²) >= 11 is 0. The molecule has 9 aromatic rings. The molecule has 0 N–H and O–H groups in total. The average molecular weight is 879 g/mol. The average Bonchev–Trinajstić information content (AvgIpc) is 3.58. The van der Waals surface area contributed by atoms with Gasteiger partial charge in [0.2, 0.25) is 0 Å². The van der Waals surface area contributed by atoms with Crippen molar-refractivity contribution in [2.45, 2.75) is 53.5 Å². The molecule has 0 saturated carbocycles. The van der Waals surface area contributed by atoms with Gasteiger partial charge in [-0.05, 0) is 146 Å². The van der Waals surface area contributed by atoms with E-state index in [1.54, 1.807) is 0 Å². The second-order valence-electron chi connectivity index (χ2n) is 18.7. The first-order chi connectivity index (χ1) is 32.6. The minimum absolute atomic E-state index is 0.381. The van der Waals surface area contributed by atoms with Crippen molar-refractivity contribution in [2.24, 2.45) is 0 Å². The summed E-state index contributed by atoms with van der Waals surface area (Å²) in [5.41, 5.74) is 23.2. The highest BCUT2D eigenvalue weighted by atomic mass is 28.3. The van der Waals surface area contributed by atoms with Crippen LogP contribution in [0, 0.1) is 20.8 Å². The maximum absolute atomic E-state index is 3.39. The molecule has 0 spiro atoms. The first-order valence-corrected chi connectivity index (χ1v) is 25.8. The summed E-state index contributed by atoms with van der Waals surface area (Å²) in [5.74, 6) is 0. The lowest BCUT2D eigenvalue weighted by molar-refractivity contribution is 0.869. The molecule has 0 aromatic heterocycles. The van der Waals surface area contributed by atoms with Gasteiger partial charge >= 0.3 is 0 Å². The molecule has 0 amide bonds. The molecule has 0 aliphatic heterocycles. The zero-order valence-corrected chi connectivity index (χ0v) is 40.9. The number of rotatable bonds is 10. The van der Waals surface area contributed by atoms with Gasteiger partial charge in [-0.2, -0.15) is 0 Å². The van der Waals surface area contributed by atoms with E-state index in [1.165, 1.54) is 116 Å². The SMILES string of the molecule is CC1=CC(C)([Si](c2ccc(-c3ccccc3)c(-c3ccccc3)c2C)(c2ccc(-c3ccccc3)c(-c3ccccc3)c2C)c2ccc(-c3ccccc3)c(-c3ccccc3)c2C)C(C)=C1C. The van der Waals surface area contributed by atoms with Crippen molar-refractivity contribution in [2.75, 3.05) is 0 Å². The van der Waals surface area contributed by atoms with Gasteiger partial charge in [0.1, 0.15) is 0 Å². The molecule has 326 valence electrons. The third-order valence-corrected chi connectivity index (χ3v) is 21.4. The van der Waals surface area contributed by atoms with Crippen LogP contribution in [0.2, 0.25) is 5.04 Å². The van der Waals surface area contributed by atoms with Gasteiger partial charge in [-0.25, -0.2) is 0 Å². The Balaban J connectivity index is 1.45. The largest absolute Gasteiger partial charge is 0.162 e. The minimum atomic E-state index is -3.39. The number of benzene rings is 9. The van der Waals surface area contributed by atoms with Crippen LogP contribution in [0.1, 0.15) is 44.4 Å². The van der Waals surface area contributed by atoms with Gasteiger partial charge in [0.25, 0.3) is 0 Å². The van der Waals surface area contributed by atoms with Crippen molar-refractivity contribution in [3.63, 3.8) is 0 Å². The molecule has 1 heteroatoms. The Morgan fingerprint density at radius 1 is 0.299 bits per heavy atom. The number of hydrogen-bond donors (Lipinski definition) is 0. The zero-order valence-electron chi connectivity index (χ0n) is 39.9. The van der Waals surface area contributed by atoms with Crippen LogP contribution in [0.15, 0.2) is 241 Å². The molecule has 1 unspecified atom stereocenters. The van der Waals surface area contributed by atoms with E-state index in [2.05, 4.69) is 273 Å². The Labute approximate surface area is 399 Å². The maximum atomic E-state index is 2.68. The molecular formula is C66H58Si. The Kier molecular flexibility index (Phi) is 11.6. The summed E-state index contributed by atoms with van der Waals surface area (Å²) in [5, 5.41) is 3.94. The number of allylic oxidation sites excluding steroid dienone is 4. The van der Waals surface area contributed by atoms with E-state index in [-0.39, 0.29) is 5.04 Å². The van der Waals surface area contributed by atoms with Crippen LogP contribution >= 0.6 is 0 Å². The summed E-state index contributed by atoms with van der Waals surface area (Å²) in [4.78, 5) is 0. The molecular weight excluding hydrogens is 821 g/mol. The van der Waals surface area contributed by atoms with E-state index < -0.39 is 8.07 Å². The second kappa shape index (κ2) is 17.8. The molecule has 9 aromatic carbocycles. The number of hydrogen-bond acceptors (Lipinski definition) is 0. The second-order valence-corrected chi connectivity index (χ2v) is 22.9. The highest BCUT2D eigenvalue weighted by Crippen LogP contribution is 2.55. The third-order valence-electron chi connectivity index (χ3n) is 15.3. The Bertz CT molecular complexity index is 2990. The predicted octanol–water partition coefficient (Wildman–Crippen LogP) is 16.1. The summed E-state index contributed by atoms with van der Waals surface area (Å²) in [7, 11) is -3.39. The minimum Gasteiger partial charge on any atom is -0.0730 e. The van der Waals surface area contributed by atoms with E-state index in [1.807, 2.05) is 0 Å². The van der Waals surface area contributed by atoms with Crippen molar-refractivity contribution >= 4 is 23.6 Å². The van der Waals surface area contributed by atoms with Crippen molar-refractivity contribution in [1.29, 1.82) is 0 Å². The fourth-order valence-corrected chi connectivity index (χ4v) is 18.7. The summed E-state index contributed by atoms with van der Waals surface area (Å²) in [6.45, 7) is 17.0. The lowest BCUT2D eigenvalue weighted by Gasteiger charge is -2.50. The normalized spacial score (nSPS) is 14.9. The van der Waals surface area contributed by atoms with Gasteiger partial charge in [0, 0.05) is 5.04 Å². The highest BCUT2D eigenvalue weighted by Gasteiger charge is 2.58. The third kappa shape index (κ3) is 7.21. The van der Waals surface area contributed by atoms with Crippen LogP contribution < -0.4 is 15.6 Å². The van der Waals surface area contributed by atoms with Crippen molar-refractivity contribution in [1.82, 2.24) is 0 Å².